The number of carbonyl (C=O) groups excluding carboxylic acids is 1. The number of nitro groups is 2. The summed E-state index contributed by atoms with van der Waals surface area (Å²) in [5.74, 6) is -1.33. The minimum Gasteiger partial charge on any atom is -0.353 e. The van der Waals surface area contributed by atoms with Crippen LogP contribution in [0.4, 0.5) is 0 Å². The predicted octanol–water partition coefficient (Wildman–Crippen LogP) is -0.597. The van der Waals surface area contributed by atoms with Gasteiger partial charge < -0.3 is 14.8 Å². The fourth-order valence-corrected chi connectivity index (χ4v) is 5.04. The van der Waals surface area contributed by atoms with Crippen molar-refractivity contribution in [3.8, 4) is 0 Å². The quantitative estimate of drug-likeness (QED) is 0.130. The molecule has 2 aliphatic rings. The predicted molar refractivity (Wildman–Crippen MR) is 138 cm³/mol. The van der Waals surface area contributed by atoms with Crippen molar-refractivity contribution in [2.75, 3.05) is 52.0 Å². The lowest BCUT2D eigenvalue weighted by Crippen LogP contribution is -2.68. The molecule has 0 radical (unpaired) electrons. The molecule has 40 heavy (non-hydrogen) atoms. The molecule has 0 aromatic carbocycles. The van der Waals surface area contributed by atoms with Crippen LogP contribution in [0.15, 0.2) is 23.9 Å². The maximum absolute atomic E-state index is 13.6. The van der Waals surface area contributed by atoms with E-state index in [1.165, 1.54) is 0 Å². The molecule has 0 saturated carbocycles. The lowest BCUT2D eigenvalue weighted by Gasteiger charge is -2.37. The van der Waals surface area contributed by atoms with E-state index in [0.29, 0.717) is 13.0 Å². The number of nitrogens with one attached hydrogen (secondary N) is 1. The highest BCUT2D eigenvalue weighted by molar-refractivity contribution is 7.86. The molecule has 17 nitrogen and oxygen atoms in total. The van der Waals surface area contributed by atoms with Gasteiger partial charge in [-0.3, -0.25) is 38.3 Å². The third-order valence-corrected chi connectivity index (χ3v) is 7.20. The van der Waals surface area contributed by atoms with Gasteiger partial charge >= 0.3 is 17.1 Å². The summed E-state index contributed by atoms with van der Waals surface area (Å²) in [6.07, 6.45) is 5.86. The summed E-state index contributed by atoms with van der Waals surface area (Å²) in [7, 11) is -7.88. The minimum absolute atomic E-state index is 0.246. The second-order valence-electron chi connectivity index (χ2n) is 9.20. The van der Waals surface area contributed by atoms with Gasteiger partial charge in [-0.15, -0.1) is 0 Å². The first kappa shape index (κ1) is 33.7. The molecule has 0 spiro atoms. The van der Waals surface area contributed by atoms with Gasteiger partial charge in [0.15, 0.2) is 6.29 Å². The van der Waals surface area contributed by atoms with Gasteiger partial charge in [0, 0.05) is 32.3 Å². The number of hydrogen-bond acceptors (Lipinski definition) is 14. The molecule has 0 aromatic rings. The lowest BCUT2D eigenvalue weighted by molar-refractivity contribution is -0.586. The second kappa shape index (κ2) is 14.4. The Morgan fingerprint density at radius 2 is 1.75 bits per heavy atom. The Balaban J connectivity index is 2.39. The monoisotopic (exact) mass is 614 g/mol. The number of carbonyl (C=O) groups is 1. The van der Waals surface area contributed by atoms with Gasteiger partial charge in [-0.05, 0) is 26.2 Å². The Morgan fingerprint density at radius 1 is 1.15 bits per heavy atom. The summed E-state index contributed by atoms with van der Waals surface area (Å²) >= 11 is 0. The Hall–Kier alpha value is -2.55. The Bertz CT molecular complexity index is 1160. The molecule has 228 valence electrons. The molecule has 1 aliphatic heterocycles. The molecule has 1 fully saturated rings. The molecule has 2 rings (SSSR count). The molecule has 4 atom stereocenters. The fraction of sp³-hybridized carbons (Fsp3) is 0.762. The minimum atomic E-state index is -3.94. The largest absolute Gasteiger partial charge is 0.403 e. The van der Waals surface area contributed by atoms with Gasteiger partial charge in [0.1, 0.15) is 6.04 Å². The van der Waals surface area contributed by atoms with E-state index in [4.69, 9.17) is 17.8 Å². The summed E-state index contributed by atoms with van der Waals surface area (Å²) in [6.45, 7) is -0.0617. The summed E-state index contributed by atoms with van der Waals surface area (Å²) in [6, 6.07) is -1.67. The Morgan fingerprint density at radius 3 is 2.23 bits per heavy atom. The van der Waals surface area contributed by atoms with Crippen molar-refractivity contribution >= 4 is 26.1 Å². The lowest BCUT2D eigenvalue weighted by atomic mass is 9.81. The Kier molecular flexibility index (Phi) is 12.1. The average Bonchev–Trinajstić information content (AvgIpc) is 2.84. The third kappa shape index (κ3) is 9.53. The zero-order valence-corrected chi connectivity index (χ0v) is 23.9. The van der Waals surface area contributed by atoms with Crippen LogP contribution in [0.25, 0.3) is 0 Å². The molecule has 1 aliphatic carbocycles. The average molecular weight is 615 g/mol. The smallest absolute Gasteiger partial charge is 0.353 e. The van der Waals surface area contributed by atoms with Gasteiger partial charge in [-0.2, -0.15) is 16.8 Å². The van der Waals surface area contributed by atoms with Gasteiger partial charge in [-0.1, -0.05) is 12.2 Å². The van der Waals surface area contributed by atoms with Gasteiger partial charge in [0.25, 0.3) is 20.2 Å². The van der Waals surface area contributed by atoms with E-state index in [1.807, 2.05) is 0 Å². The maximum Gasteiger partial charge on any atom is 0.403 e. The van der Waals surface area contributed by atoms with Crippen LogP contribution < -0.4 is 5.32 Å². The summed E-state index contributed by atoms with van der Waals surface area (Å²) in [5, 5.41) is 27.0. The van der Waals surface area contributed by atoms with E-state index < -0.39 is 92.0 Å². The number of amides is 1. The van der Waals surface area contributed by atoms with Crippen LogP contribution in [0.2, 0.25) is 0 Å². The van der Waals surface area contributed by atoms with Crippen molar-refractivity contribution in [2.24, 2.45) is 0 Å². The second-order valence-corrected chi connectivity index (χ2v) is 12.5. The first-order chi connectivity index (χ1) is 18.6. The van der Waals surface area contributed by atoms with E-state index in [-0.39, 0.29) is 6.54 Å². The molecule has 4 unspecified atom stereocenters. The van der Waals surface area contributed by atoms with E-state index in [0.717, 1.165) is 48.5 Å². The molecular weight excluding hydrogens is 580 g/mol. The number of hydrogen-bond donors (Lipinski definition) is 1. The molecule has 1 heterocycles. The highest BCUT2D eigenvalue weighted by Crippen LogP contribution is 2.34. The number of nitrogens with zero attached hydrogens (tertiary/aromatic N) is 3. The van der Waals surface area contributed by atoms with Crippen molar-refractivity contribution in [1.29, 1.82) is 0 Å². The highest BCUT2D eigenvalue weighted by atomic mass is 32.2. The van der Waals surface area contributed by atoms with Crippen LogP contribution in [0.3, 0.4) is 0 Å². The summed E-state index contributed by atoms with van der Waals surface area (Å²) in [4.78, 5) is 37.1. The van der Waals surface area contributed by atoms with Crippen LogP contribution in [0.5, 0.6) is 0 Å². The van der Waals surface area contributed by atoms with Gasteiger partial charge in [0.2, 0.25) is 0 Å². The Labute approximate surface area is 232 Å². The zero-order chi connectivity index (χ0) is 30.1. The van der Waals surface area contributed by atoms with Crippen LogP contribution in [-0.2, 0) is 42.9 Å². The molecule has 0 bridgehead atoms. The van der Waals surface area contributed by atoms with E-state index in [1.54, 1.807) is 6.92 Å². The standard InChI is InChI=1S/C21H34N4O13S2/c1-16(38-19-9-4-5-12-35-19)15-22-20(26)21(25(29)30)17(7-6-8-18(21)24(27)28)23(10-13-36-39(2,31)32)11-14-37-40(3,33)34/h6-8,16-17,19H,4-5,9-15H2,1-3H3,(H,22,26). The van der Waals surface area contributed by atoms with E-state index >= 15 is 0 Å². The first-order valence-corrected chi connectivity index (χ1v) is 15.9. The first-order valence-electron chi connectivity index (χ1n) is 12.2. The molecule has 0 aromatic heterocycles. The third-order valence-electron chi connectivity index (χ3n) is 6.01. The number of rotatable bonds is 16. The van der Waals surface area contributed by atoms with Crippen LogP contribution >= 0.6 is 0 Å². The number of ether oxygens (including phenoxy) is 2. The van der Waals surface area contributed by atoms with Gasteiger partial charge in [0.05, 0.1) is 41.7 Å². The van der Waals surface area contributed by atoms with Crippen molar-refractivity contribution in [3.05, 3.63) is 44.2 Å². The van der Waals surface area contributed by atoms with Crippen molar-refractivity contribution in [3.63, 3.8) is 0 Å². The molecule has 1 N–H and O–H groups in total. The summed E-state index contributed by atoms with van der Waals surface area (Å²) in [5.41, 5.74) is -4.07. The van der Waals surface area contributed by atoms with Gasteiger partial charge in [-0.25, -0.2) is 0 Å². The van der Waals surface area contributed by atoms with Crippen molar-refractivity contribution in [2.45, 2.75) is 50.2 Å². The van der Waals surface area contributed by atoms with E-state index in [2.05, 4.69) is 5.32 Å². The highest BCUT2D eigenvalue weighted by Gasteiger charge is 2.68. The molecular formula is C21H34N4O13S2. The van der Waals surface area contributed by atoms with Crippen LogP contribution in [-0.4, -0.2) is 113 Å². The molecule has 19 heteroatoms. The topological polar surface area (TPSA) is 224 Å². The maximum atomic E-state index is 13.6. The van der Waals surface area contributed by atoms with Crippen LogP contribution in [0.1, 0.15) is 26.2 Å². The number of allylic oxidation sites excluding steroid dienone is 2. The molecule has 1 saturated heterocycles. The van der Waals surface area contributed by atoms with Crippen LogP contribution in [0, 0.1) is 20.2 Å². The zero-order valence-electron chi connectivity index (χ0n) is 22.3. The van der Waals surface area contributed by atoms with E-state index in [9.17, 15) is 41.9 Å². The molecule has 1 amide bonds. The van der Waals surface area contributed by atoms with Crippen molar-refractivity contribution in [1.82, 2.24) is 10.2 Å². The summed E-state index contributed by atoms with van der Waals surface area (Å²) < 4.78 is 66.5. The fourth-order valence-electron chi connectivity index (χ4n) is 4.29. The SMILES string of the molecule is CC(CNC(=O)C1([N+](=O)[O-])C([N+](=O)[O-])=CC=CC1N(CCOS(C)(=O)=O)CCOS(C)(=O)=O)OC1CCCCO1. The van der Waals surface area contributed by atoms with Crippen molar-refractivity contribution < 1.29 is 49.3 Å². The normalized spacial score (nSPS) is 24.4.